The molecule has 18 heavy (non-hydrogen) atoms. The Labute approximate surface area is 114 Å². The zero-order chi connectivity index (χ0) is 13.7. The predicted molar refractivity (Wildman–Crippen MR) is 72.8 cm³/mol. The number of benzene rings is 1. The number of anilines is 1. The lowest BCUT2D eigenvalue weighted by Gasteiger charge is -2.17. The lowest BCUT2D eigenvalue weighted by Crippen LogP contribution is -2.33. The van der Waals surface area contributed by atoms with Gasteiger partial charge in [-0.3, -0.25) is 4.79 Å². The summed E-state index contributed by atoms with van der Waals surface area (Å²) in [6.07, 6.45) is -0.0705. The molecule has 98 valence electrons. The minimum atomic E-state index is -0.925. The molecule has 0 aliphatic rings. The van der Waals surface area contributed by atoms with Crippen molar-refractivity contribution in [2.24, 2.45) is 0 Å². The Bertz CT molecular complexity index is 463. The van der Waals surface area contributed by atoms with E-state index in [2.05, 4.69) is 21.2 Å². The van der Waals surface area contributed by atoms with Gasteiger partial charge in [-0.1, -0.05) is 6.07 Å². The van der Waals surface area contributed by atoms with Gasteiger partial charge < -0.3 is 15.3 Å². The third kappa shape index (κ3) is 4.37. The van der Waals surface area contributed by atoms with Gasteiger partial charge in [0.25, 0.3) is 0 Å². The van der Waals surface area contributed by atoms with Crippen LogP contribution in [0.5, 0.6) is 0 Å². The number of amides is 2. The molecule has 0 heterocycles. The van der Waals surface area contributed by atoms with Crippen LogP contribution >= 0.6 is 15.9 Å². The zero-order valence-electron chi connectivity index (χ0n) is 10.2. The standard InChI is InChI=1S/C12H15BrN2O3/c1-8-3-4-9(13)10(7-8)14-12(18)15(2)6-5-11(16)17/h3-4,7H,5-6H2,1-2H3,(H,14,18)(H,16,17). The number of nitrogens with zero attached hydrogens (tertiary/aromatic N) is 1. The highest BCUT2D eigenvalue weighted by Crippen LogP contribution is 2.23. The predicted octanol–water partition coefficient (Wildman–Crippen LogP) is 2.70. The first-order chi connectivity index (χ1) is 8.40. The summed E-state index contributed by atoms with van der Waals surface area (Å²) in [5.41, 5.74) is 1.70. The average Bonchev–Trinajstić information content (AvgIpc) is 2.30. The van der Waals surface area contributed by atoms with E-state index in [9.17, 15) is 9.59 Å². The van der Waals surface area contributed by atoms with Crippen LogP contribution in [0.3, 0.4) is 0 Å². The van der Waals surface area contributed by atoms with Crippen molar-refractivity contribution in [2.45, 2.75) is 13.3 Å². The van der Waals surface area contributed by atoms with E-state index in [0.717, 1.165) is 10.0 Å². The molecule has 0 atom stereocenters. The van der Waals surface area contributed by atoms with Gasteiger partial charge in [-0.15, -0.1) is 0 Å². The van der Waals surface area contributed by atoms with Crippen LogP contribution in [0.25, 0.3) is 0 Å². The topological polar surface area (TPSA) is 69.6 Å². The number of carbonyl (C=O) groups excluding carboxylic acids is 1. The smallest absolute Gasteiger partial charge is 0.321 e. The van der Waals surface area contributed by atoms with Crippen LogP contribution in [0, 0.1) is 6.92 Å². The summed E-state index contributed by atoms with van der Waals surface area (Å²) in [7, 11) is 1.56. The Kier molecular flexibility index (Phi) is 5.15. The van der Waals surface area contributed by atoms with Crippen molar-refractivity contribution in [2.75, 3.05) is 18.9 Å². The molecule has 1 aromatic rings. The summed E-state index contributed by atoms with van der Waals surface area (Å²) in [5, 5.41) is 11.3. The van der Waals surface area contributed by atoms with E-state index in [1.54, 1.807) is 7.05 Å². The van der Waals surface area contributed by atoms with Gasteiger partial charge in [-0.2, -0.15) is 0 Å². The third-order valence-corrected chi connectivity index (χ3v) is 3.06. The number of carbonyl (C=O) groups is 2. The molecule has 0 spiro atoms. The van der Waals surface area contributed by atoms with E-state index >= 15 is 0 Å². The number of aliphatic carboxylic acids is 1. The normalized spacial score (nSPS) is 9.94. The fraction of sp³-hybridized carbons (Fsp3) is 0.333. The van der Waals surface area contributed by atoms with Crippen LogP contribution < -0.4 is 5.32 Å². The molecular weight excluding hydrogens is 300 g/mol. The number of hydrogen-bond acceptors (Lipinski definition) is 2. The maximum atomic E-state index is 11.8. The number of halogens is 1. The average molecular weight is 315 g/mol. The lowest BCUT2D eigenvalue weighted by molar-refractivity contribution is -0.137. The molecule has 5 nitrogen and oxygen atoms in total. The van der Waals surface area contributed by atoms with Crippen molar-refractivity contribution in [1.82, 2.24) is 4.90 Å². The molecule has 0 aliphatic heterocycles. The first-order valence-corrected chi connectivity index (χ1v) is 6.19. The Morgan fingerprint density at radius 3 is 2.72 bits per heavy atom. The van der Waals surface area contributed by atoms with Crippen LogP contribution in [0.4, 0.5) is 10.5 Å². The first kappa shape index (κ1) is 14.5. The van der Waals surface area contributed by atoms with Crippen molar-refractivity contribution in [3.05, 3.63) is 28.2 Å². The second-order valence-corrected chi connectivity index (χ2v) is 4.83. The molecule has 0 aliphatic carbocycles. The van der Waals surface area contributed by atoms with Crippen molar-refractivity contribution in [1.29, 1.82) is 0 Å². The summed E-state index contributed by atoms with van der Waals surface area (Å²) in [5.74, 6) is -0.925. The van der Waals surface area contributed by atoms with Gasteiger partial charge in [0.15, 0.2) is 0 Å². The maximum absolute atomic E-state index is 11.8. The quantitative estimate of drug-likeness (QED) is 0.897. The lowest BCUT2D eigenvalue weighted by atomic mass is 10.2. The van der Waals surface area contributed by atoms with E-state index in [1.165, 1.54) is 4.90 Å². The van der Waals surface area contributed by atoms with Gasteiger partial charge in [0, 0.05) is 18.1 Å². The number of urea groups is 1. The molecule has 2 N–H and O–H groups in total. The van der Waals surface area contributed by atoms with Crippen molar-refractivity contribution in [3.63, 3.8) is 0 Å². The van der Waals surface area contributed by atoms with E-state index in [1.807, 2.05) is 25.1 Å². The second-order valence-electron chi connectivity index (χ2n) is 3.98. The highest BCUT2D eigenvalue weighted by Gasteiger charge is 2.11. The van der Waals surface area contributed by atoms with Gasteiger partial charge in [0.2, 0.25) is 0 Å². The van der Waals surface area contributed by atoms with Crippen molar-refractivity contribution >= 4 is 33.6 Å². The minimum Gasteiger partial charge on any atom is -0.481 e. The maximum Gasteiger partial charge on any atom is 0.321 e. The molecule has 2 amide bonds. The van der Waals surface area contributed by atoms with Gasteiger partial charge in [0.1, 0.15) is 0 Å². The minimum absolute atomic E-state index is 0.0705. The SMILES string of the molecule is Cc1ccc(Br)c(NC(=O)N(C)CCC(=O)O)c1. The van der Waals surface area contributed by atoms with Crippen LogP contribution in [0.2, 0.25) is 0 Å². The molecule has 0 radical (unpaired) electrons. The van der Waals surface area contributed by atoms with Crippen LogP contribution in [-0.2, 0) is 4.79 Å². The van der Waals surface area contributed by atoms with Gasteiger partial charge in [0.05, 0.1) is 12.1 Å². The van der Waals surface area contributed by atoms with Gasteiger partial charge in [-0.25, -0.2) is 4.79 Å². The Morgan fingerprint density at radius 1 is 1.44 bits per heavy atom. The van der Waals surface area contributed by atoms with E-state index in [-0.39, 0.29) is 19.0 Å². The Morgan fingerprint density at radius 2 is 2.11 bits per heavy atom. The second kappa shape index (κ2) is 6.39. The monoisotopic (exact) mass is 314 g/mol. The molecule has 0 fully saturated rings. The number of carboxylic acid groups (broad SMARTS) is 1. The van der Waals surface area contributed by atoms with E-state index in [4.69, 9.17) is 5.11 Å². The highest BCUT2D eigenvalue weighted by molar-refractivity contribution is 9.10. The molecule has 0 saturated heterocycles. The largest absolute Gasteiger partial charge is 0.481 e. The third-order valence-electron chi connectivity index (χ3n) is 2.37. The van der Waals surface area contributed by atoms with Crippen molar-refractivity contribution in [3.8, 4) is 0 Å². The first-order valence-electron chi connectivity index (χ1n) is 5.40. The number of aryl methyl sites for hydroxylation is 1. The van der Waals surface area contributed by atoms with Crippen LogP contribution in [-0.4, -0.2) is 35.6 Å². The Hall–Kier alpha value is -1.56. The van der Waals surface area contributed by atoms with Crippen LogP contribution in [0.15, 0.2) is 22.7 Å². The molecule has 1 aromatic carbocycles. The van der Waals surface area contributed by atoms with E-state index < -0.39 is 5.97 Å². The Balaban J connectivity index is 2.63. The number of carboxylic acids is 1. The molecule has 0 aromatic heterocycles. The number of rotatable bonds is 4. The highest BCUT2D eigenvalue weighted by atomic mass is 79.9. The molecular formula is C12H15BrN2O3. The summed E-state index contributed by atoms with van der Waals surface area (Å²) in [6, 6.07) is 5.28. The van der Waals surface area contributed by atoms with Crippen LogP contribution in [0.1, 0.15) is 12.0 Å². The fourth-order valence-electron chi connectivity index (χ4n) is 1.31. The van der Waals surface area contributed by atoms with Crippen molar-refractivity contribution < 1.29 is 14.7 Å². The molecule has 1 rings (SSSR count). The molecule has 0 unspecified atom stereocenters. The number of hydrogen-bond donors (Lipinski definition) is 2. The molecule has 0 bridgehead atoms. The zero-order valence-corrected chi connectivity index (χ0v) is 11.8. The summed E-state index contributed by atoms with van der Waals surface area (Å²) in [4.78, 5) is 23.5. The summed E-state index contributed by atoms with van der Waals surface area (Å²) in [6.45, 7) is 2.10. The molecule has 6 heteroatoms. The van der Waals surface area contributed by atoms with Gasteiger partial charge in [-0.05, 0) is 40.5 Å². The number of nitrogens with one attached hydrogen (secondary N) is 1. The molecule has 0 saturated carbocycles. The fourth-order valence-corrected chi connectivity index (χ4v) is 1.66. The summed E-state index contributed by atoms with van der Waals surface area (Å²) < 4.78 is 0.785. The van der Waals surface area contributed by atoms with E-state index in [0.29, 0.717) is 5.69 Å². The van der Waals surface area contributed by atoms with Gasteiger partial charge >= 0.3 is 12.0 Å². The summed E-state index contributed by atoms with van der Waals surface area (Å²) >= 11 is 3.34.